The van der Waals surface area contributed by atoms with E-state index in [4.69, 9.17) is 0 Å². The minimum Gasteiger partial charge on any atom is -0.303 e. The van der Waals surface area contributed by atoms with Crippen molar-refractivity contribution in [3.05, 3.63) is 11.9 Å². The second-order valence-corrected chi connectivity index (χ2v) is 2.84. The van der Waals surface area contributed by atoms with Crippen LogP contribution in [0.1, 0.15) is 19.8 Å². The van der Waals surface area contributed by atoms with Gasteiger partial charge in [0.15, 0.2) is 0 Å². The number of aldehydes is 1. The fraction of sp³-hybridized carbons (Fsp3) is 0.625. The van der Waals surface area contributed by atoms with E-state index in [9.17, 15) is 9.18 Å². The van der Waals surface area contributed by atoms with Gasteiger partial charge in [0, 0.05) is 5.92 Å². The van der Waals surface area contributed by atoms with Gasteiger partial charge in [-0.15, -0.1) is 0 Å². The van der Waals surface area contributed by atoms with Gasteiger partial charge in [-0.3, -0.25) is 0 Å². The second kappa shape index (κ2) is 2.95. The number of rotatable bonds is 1. The average molecular weight is 142 g/mol. The maximum atomic E-state index is 12.5. The van der Waals surface area contributed by atoms with Gasteiger partial charge in [-0.2, -0.15) is 0 Å². The van der Waals surface area contributed by atoms with Crippen molar-refractivity contribution in [2.45, 2.75) is 19.8 Å². The van der Waals surface area contributed by atoms with Crippen LogP contribution in [0.5, 0.6) is 0 Å². The van der Waals surface area contributed by atoms with Gasteiger partial charge < -0.3 is 4.79 Å². The Hall–Kier alpha value is -0.660. The molecule has 0 heterocycles. The van der Waals surface area contributed by atoms with Gasteiger partial charge in [0.1, 0.15) is 6.29 Å². The van der Waals surface area contributed by atoms with Crippen LogP contribution in [0.25, 0.3) is 0 Å². The molecular formula is C8H11FO. The van der Waals surface area contributed by atoms with Crippen LogP contribution >= 0.6 is 0 Å². The normalized spacial score (nSPS) is 33.2. The Morgan fingerprint density at radius 3 is 3.00 bits per heavy atom. The first-order chi connectivity index (χ1) is 4.74. The molecule has 0 aromatic heterocycles. The Balaban J connectivity index is 2.67. The molecule has 0 aliphatic heterocycles. The average Bonchev–Trinajstić information content (AvgIpc) is 1.94. The molecular weight excluding hydrogens is 131 g/mol. The zero-order chi connectivity index (χ0) is 7.56. The third-order valence-electron chi connectivity index (χ3n) is 2.03. The van der Waals surface area contributed by atoms with E-state index in [1.807, 2.05) is 6.92 Å². The summed E-state index contributed by atoms with van der Waals surface area (Å²) >= 11 is 0. The summed E-state index contributed by atoms with van der Waals surface area (Å²) < 4.78 is 12.5. The lowest BCUT2D eigenvalue weighted by atomic mass is 9.86. The van der Waals surface area contributed by atoms with Crippen molar-refractivity contribution in [1.82, 2.24) is 0 Å². The third kappa shape index (κ3) is 1.43. The van der Waals surface area contributed by atoms with Gasteiger partial charge in [-0.05, 0) is 24.8 Å². The van der Waals surface area contributed by atoms with Crippen LogP contribution in [0.3, 0.4) is 0 Å². The molecule has 0 spiro atoms. The highest BCUT2D eigenvalue weighted by molar-refractivity contribution is 5.57. The van der Waals surface area contributed by atoms with Crippen LogP contribution in [-0.2, 0) is 4.79 Å². The molecule has 1 nitrogen and oxygen atoms in total. The predicted octanol–water partition coefficient (Wildman–Crippen LogP) is 2.08. The highest BCUT2D eigenvalue weighted by Gasteiger charge is 2.19. The van der Waals surface area contributed by atoms with Crippen LogP contribution in [0, 0.1) is 11.8 Å². The standard InChI is InChI=1S/C8H11FO/c1-6-2-3-8(9)4-7(6)5-10/h4-7H,2-3H2,1H3. The van der Waals surface area contributed by atoms with Crippen LogP contribution < -0.4 is 0 Å². The van der Waals surface area contributed by atoms with Gasteiger partial charge >= 0.3 is 0 Å². The van der Waals surface area contributed by atoms with Crippen molar-refractivity contribution in [2.24, 2.45) is 11.8 Å². The van der Waals surface area contributed by atoms with Crippen LogP contribution in [0.4, 0.5) is 4.39 Å². The molecule has 56 valence electrons. The van der Waals surface area contributed by atoms with Crippen molar-refractivity contribution < 1.29 is 9.18 Å². The van der Waals surface area contributed by atoms with E-state index in [0.717, 1.165) is 12.7 Å². The van der Waals surface area contributed by atoms with E-state index >= 15 is 0 Å². The molecule has 2 heteroatoms. The maximum Gasteiger partial charge on any atom is 0.127 e. The lowest BCUT2D eigenvalue weighted by molar-refractivity contribution is -0.111. The minimum absolute atomic E-state index is 0.129. The van der Waals surface area contributed by atoms with Crippen molar-refractivity contribution in [1.29, 1.82) is 0 Å². The SMILES string of the molecule is CC1CCC(F)=CC1C=O. The lowest BCUT2D eigenvalue weighted by Crippen LogP contribution is -2.14. The van der Waals surface area contributed by atoms with Gasteiger partial charge in [0.25, 0.3) is 0 Å². The number of halogens is 1. The second-order valence-electron chi connectivity index (χ2n) is 2.84. The zero-order valence-electron chi connectivity index (χ0n) is 6.01. The van der Waals surface area contributed by atoms with Crippen molar-refractivity contribution in [3.8, 4) is 0 Å². The highest BCUT2D eigenvalue weighted by Crippen LogP contribution is 2.27. The zero-order valence-corrected chi connectivity index (χ0v) is 6.01. The molecule has 1 aliphatic carbocycles. The third-order valence-corrected chi connectivity index (χ3v) is 2.03. The summed E-state index contributed by atoms with van der Waals surface area (Å²) in [5.74, 6) is 0.000880. The molecule has 0 radical (unpaired) electrons. The summed E-state index contributed by atoms with van der Waals surface area (Å²) in [5.41, 5.74) is 0. The van der Waals surface area contributed by atoms with Gasteiger partial charge in [-0.1, -0.05) is 6.92 Å². The lowest BCUT2D eigenvalue weighted by Gasteiger charge is -2.19. The van der Waals surface area contributed by atoms with Gasteiger partial charge in [-0.25, -0.2) is 4.39 Å². The molecule has 0 N–H and O–H groups in total. The Bertz CT molecular complexity index is 163. The van der Waals surface area contributed by atoms with Crippen molar-refractivity contribution in [3.63, 3.8) is 0 Å². The van der Waals surface area contributed by atoms with E-state index in [1.165, 1.54) is 6.08 Å². The van der Waals surface area contributed by atoms with Gasteiger partial charge in [0.05, 0.1) is 5.83 Å². The molecule has 0 bridgehead atoms. The van der Waals surface area contributed by atoms with Gasteiger partial charge in [0.2, 0.25) is 0 Å². The Labute approximate surface area is 59.9 Å². The molecule has 0 aromatic rings. The molecule has 0 aromatic carbocycles. The fourth-order valence-corrected chi connectivity index (χ4v) is 1.19. The first kappa shape index (κ1) is 7.45. The number of carbonyl (C=O) groups is 1. The summed E-state index contributed by atoms with van der Waals surface area (Å²) in [4.78, 5) is 10.3. The number of allylic oxidation sites excluding steroid dienone is 2. The van der Waals surface area contributed by atoms with Crippen LogP contribution in [0.15, 0.2) is 11.9 Å². The first-order valence-corrected chi connectivity index (χ1v) is 3.55. The Kier molecular flexibility index (Phi) is 2.20. The molecule has 0 fully saturated rings. The molecule has 0 saturated carbocycles. The molecule has 10 heavy (non-hydrogen) atoms. The fourth-order valence-electron chi connectivity index (χ4n) is 1.19. The highest BCUT2D eigenvalue weighted by atomic mass is 19.1. The number of hydrogen-bond donors (Lipinski definition) is 0. The summed E-state index contributed by atoms with van der Waals surface area (Å²) in [6.45, 7) is 1.97. The van der Waals surface area contributed by atoms with E-state index in [0.29, 0.717) is 12.3 Å². The summed E-state index contributed by atoms with van der Waals surface area (Å²) in [6.07, 6.45) is 3.56. The molecule has 2 unspecified atom stereocenters. The summed E-state index contributed by atoms with van der Waals surface area (Å²) in [5, 5.41) is 0. The summed E-state index contributed by atoms with van der Waals surface area (Å²) in [7, 11) is 0. The molecule has 0 amide bonds. The van der Waals surface area contributed by atoms with Crippen molar-refractivity contribution in [2.75, 3.05) is 0 Å². The van der Waals surface area contributed by atoms with Crippen LogP contribution in [-0.4, -0.2) is 6.29 Å². The smallest absolute Gasteiger partial charge is 0.127 e. The monoisotopic (exact) mass is 142 g/mol. The molecule has 0 saturated heterocycles. The Morgan fingerprint density at radius 1 is 1.80 bits per heavy atom. The van der Waals surface area contributed by atoms with Crippen LogP contribution in [0.2, 0.25) is 0 Å². The topological polar surface area (TPSA) is 17.1 Å². The predicted molar refractivity (Wildman–Crippen MR) is 37.1 cm³/mol. The Morgan fingerprint density at radius 2 is 2.50 bits per heavy atom. The van der Waals surface area contributed by atoms with E-state index in [1.54, 1.807) is 0 Å². The van der Waals surface area contributed by atoms with Crippen molar-refractivity contribution >= 4 is 6.29 Å². The molecule has 1 rings (SSSR count). The first-order valence-electron chi connectivity index (χ1n) is 3.55. The largest absolute Gasteiger partial charge is 0.303 e. The quantitative estimate of drug-likeness (QED) is 0.512. The van der Waals surface area contributed by atoms with E-state index < -0.39 is 0 Å². The van der Waals surface area contributed by atoms with E-state index in [-0.39, 0.29) is 11.7 Å². The minimum atomic E-state index is -0.186. The summed E-state index contributed by atoms with van der Waals surface area (Å²) in [6, 6.07) is 0. The number of carbonyl (C=O) groups excluding carboxylic acids is 1. The molecule has 1 aliphatic rings. The number of hydrogen-bond acceptors (Lipinski definition) is 1. The molecule has 2 atom stereocenters. The van der Waals surface area contributed by atoms with E-state index in [2.05, 4.69) is 0 Å². The maximum absolute atomic E-state index is 12.5.